The van der Waals surface area contributed by atoms with E-state index >= 15 is 0 Å². The maximum atomic E-state index is 5.94. The van der Waals surface area contributed by atoms with Crippen molar-refractivity contribution in [3.05, 3.63) is 0 Å². The summed E-state index contributed by atoms with van der Waals surface area (Å²) in [5.74, 6) is 0.998. The highest BCUT2D eigenvalue weighted by Gasteiger charge is 2.41. The van der Waals surface area contributed by atoms with Crippen LogP contribution in [0.5, 0.6) is 0 Å². The van der Waals surface area contributed by atoms with Crippen molar-refractivity contribution in [2.24, 2.45) is 10.4 Å². The van der Waals surface area contributed by atoms with Crippen molar-refractivity contribution in [2.45, 2.75) is 83.5 Å². The number of fused-ring (bicyclic) bond motifs is 2. The predicted octanol–water partition coefficient (Wildman–Crippen LogP) is 2.83. The molecule has 0 aromatic heterocycles. The number of guanidine groups is 1. The smallest absolute Gasteiger partial charge is 0.191 e. The second kappa shape index (κ2) is 6.55. The lowest BCUT2D eigenvalue weighted by atomic mass is 9.83. The van der Waals surface area contributed by atoms with Crippen molar-refractivity contribution in [3.63, 3.8) is 0 Å². The highest BCUT2D eigenvalue weighted by molar-refractivity contribution is 5.80. The molecule has 0 aromatic rings. The molecule has 3 rings (SSSR count). The average Bonchev–Trinajstić information content (AvgIpc) is 3.22. The van der Waals surface area contributed by atoms with Crippen LogP contribution in [0.2, 0.25) is 0 Å². The third-order valence-corrected chi connectivity index (χ3v) is 5.76. The molecule has 3 aliphatic rings. The van der Waals surface area contributed by atoms with Gasteiger partial charge in [-0.25, -0.2) is 0 Å². The van der Waals surface area contributed by atoms with Crippen molar-refractivity contribution >= 4 is 5.96 Å². The lowest BCUT2D eigenvalue weighted by Crippen LogP contribution is -2.47. The Balaban J connectivity index is 1.59. The first kappa shape index (κ1) is 15.1. The SMILES string of the molecule is CCNC(=NCC1(CC)CCCC1)NC1CC2CCC1O2. The zero-order valence-corrected chi connectivity index (χ0v) is 13.7. The second-order valence-corrected chi connectivity index (χ2v) is 7.12. The van der Waals surface area contributed by atoms with Crippen LogP contribution >= 0.6 is 0 Å². The van der Waals surface area contributed by atoms with Gasteiger partial charge in [0.05, 0.1) is 18.2 Å². The maximum Gasteiger partial charge on any atom is 0.191 e. The summed E-state index contributed by atoms with van der Waals surface area (Å²) in [6.45, 7) is 6.36. The Morgan fingerprint density at radius 3 is 2.62 bits per heavy atom. The van der Waals surface area contributed by atoms with Gasteiger partial charge in [0.15, 0.2) is 5.96 Å². The van der Waals surface area contributed by atoms with Gasteiger partial charge in [0, 0.05) is 13.1 Å². The minimum atomic E-state index is 0.408. The molecule has 2 heterocycles. The Hall–Kier alpha value is -0.770. The topological polar surface area (TPSA) is 45.7 Å². The number of rotatable bonds is 5. The van der Waals surface area contributed by atoms with Crippen LogP contribution in [-0.2, 0) is 4.74 Å². The van der Waals surface area contributed by atoms with Crippen LogP contribution in [0.1, 0.15) is 65.2 Å². The molecule has 3 atom stereocenters. The van der Waals surface area contributed by atoms with E-state index in [0.717, 1.165) is 25.5 Å². The molecule has 21 heavy (non-hydrogen) atoms. The van der Waals surface area contributed by atoms with Crippen LogP contribution in [0.3, 0.4) is 0 Å². The molecule has 3 fully saturated rings. The van der Waals surface area contributed by atoms with E-state index in [1.54, 1.807) is 0 Å². The Morgan fingerprint density at radius 1 is 1.24 bits per heavy atom. The van der Waals surface area contributed by atoms with Gasteiger partial charge >= 0.3 is 0 Å². The van der Waals surface area contributed by atoms with Gasteiger partial charge < -0.3 is 15.4 Å². The monoisotopic (exact) mass is 293 g/mol. The molecule has 2 bridgehead atoms. The lowest BCUT2D eigenvalue weighted by Gasteiger charge is -2.27. The second-order valence-electron chi connectivity index (χ2n) is 7.12. The van der Waals surface area contributed by atoms with Gasteiger partial charge in [-0.15, -0.1) is 0 Å². The summed E-state index contributed by atoms with van der Waals surface area (Å²) in [5.41, 5.74) is 0.466. The van der Waals surface area contributed by atoms with E-state index in [9.17, 15) is 0 Å². The van der Waals surface area contributed by atoms with Gasteiger partial charge in [-0.05, 0) is 50.9 Å². The van der Waals surface area contributed by atoms with Crippen LogP contribution in [0.4, 0.5) is 0 Å². The summed E-state index contributed by atoms with van der Waals surface area (Å²) >= 11 is 0. The first-order valence-corrected chi connectivity index (χ1v) is 8.95. The molecular formula is C17H31N3O. The summed E-state index contributed by atoms with van der Waals surface area (Å²) in [5, 5.41) is 7.05. The molecule has 0 radical (unpaired) electrons. The number of aliphatic imine (C=N–C) groups is 1. The van der Waals surface area contributed by atoms with Gasteiger partial charge in [-0.1, -0.05) is 19.8 Å². The van der Waals surface area contributed by atoms with Crippen molar-refractivity contribution in [1.29, 1.82) is 0 Å². The van der Waals surface area contributed by atoms with E-state index in [1.807, 2.05) is 0 Å². The fraction of sp³-hybridized carbons (Fsp3) is 0.941. The molecule has 0 aromatic carbocycles. The maximum absolute atomic E-state index is 5.94. The molecule has 0 amide bonds. The minimum absolute atomic E-state index is 0.408. The van der Waals surface area contributed by atoms with Crippen LogP contribution in [-0.4, -0.2) is 37.3 Å². The molecule has 120 valence electrons. The van der Waals surface area contributed by atoms with Crippen LogP contribution in [0, 0.1) is 5.41 Å². The highest BCUT2D eigenvalue weighted by Crippen LogP contribution is 2.41. The molecule has 1 saturated carbocycles. The molecule has 3 unspecified atom stereocenters. The Kier molecular flexibility index (Phi) is 4.72. The quantitative estimate of drug-likeness (QED) is 0.605. The molecule has 2 aliphatic heterocycles. The molecule has 2 N–H and O–H groups in total. The first-order chi connectivity index (χ1) is 10.2. The van der Waals surface area contributed by atoms with Gasteiger partial charge in [-0.2, -0.15) is 0 Å². The minimum Gasteiger partial charge on any atom is -0.373 e. The summed E-state index contributed by atoms with van der Waals surface area (Å²) < 4.78 is 5.94. The average molecular weight is 293 g/mol. The zero-order valence-electron chi connectivity index (χ0n) is 13.7. The third-order valence-electron chi connectivity index (χ3n) is 5.76. The zero-order chi connectivity index (χ0) is 14.7. The molecule has 4 heteroatoms. The van der Waals surface area contributed by atoms with Gasteiger partial charge in [0.25, 0.3) is 0 Å². The van der Waals surface area contributed by atoms with Gasteiger partial charge in [0.1, 0.15) is 0 Å². The summed E-state index contributed by atoms with van der Waals surface area (Å²) in [6.07, 6.45) is 11.2. The largest absolute Gasteiger partial charge is 0.373 e. The van der Waals surface area contributed by atoms with Crippen LogP contribution in [0.15, 0.2) is 4.99 Å². The summed E-state index contributed by atoms with van der Waals surface area (Å²) in [4.78, 5) is 4.92. The Labute approximate surface area is 129 Å². The normalized spacial score (nSPS) is 34.4. The Morgan fingerprint density at radius 2 is 2.05 bits per heavy atom. The number of nitrogens with zero attached hydrogens (tertiary/aromatic N) is 1. The van der Waals surface area contributed by atoms with Crippen LogP contribution < -0.4 is 10.6 Å². The van der Waals surface area contributed by atoms with E-state index in [4.69, 9.17) is 9.73 Å². The van der Waals surface area contributed by atoms with E-state index in [0.29, 0.717) is 23.7 Å². The predicted molar refractivity (Wildman–Crippen MR) is 86.6 cm³/mol. The van der Waals surface area contributed by atoms with E-state index < -0.39 is 0 Å². The molecule has 1 aliphatic carbocycles. The van der Waals surface area contributed by atoms with Crippen molar-refractivity contribution in [2.75, 3.05) is 13.1 Å². The standard InChI is InChI=1S/C17H31N3O/c1-3-17(9-5-6-10-17)12-19-16(18-4-2)20-14-11-13-7-8-15(14)21-13/h13-15H,3-12H2,1-2H3,(H2,18,19,20). The van der Waals surface area contributed by atoms with E-state index in [1.165, 1.54) is 44.9 Å². The van der Waals surface area contributed by atoms with E-state index in [2.05, 4.69) is 24.5 Å². The molecule has 4 nitrogen and oxygen atoms in total. The molecular weight excluding hydrogens is 262 g/mol. The lowest BCUT2D eigenvalue weighted by molar-refractivity contribution is 0.0992. The van der Waals surface area contributed by atoms with Crippen LogP contribution in [0.25, 0.3) is 0 Å². The summed E-state index contributed by atoms with van der Waals surface area (Å²) in [6, 6.07) is 0.461. The van der Waals surface area contributed by atoms with Gasteiger partial charge in [-0.3, -0.25) is 4.99 Å². The third kappa shape index (κ3) is 3.36. The number of ether oxygens (including phenoxy) is 1. The van der Waals surface area contributed by atoms with E-state index in [-0.39, 0.29) is 0 Å². The summed E-state index contributed by atoms with van der Waals surface area (Å²) in [7, 11) is 0. The fourth-order valence-corrected chi connectivity index (χ4v) is 4.28. The van der Waals surface area contributed by atoms with Crippen molar-refractivity contribution in [1.82, 2.24) is 10.6 Å². The Bertz CT molecular complexity index is 376. The number of nitrogens with one attached hydrogen (secondary N) is 2. The molecule has 0 spiro atoms. The van der Waals surface area contributed by atoms with Crippen molar-refractivity contribution in [3.8, 4) is 0 Å². The first-order valence-electron chi connectivity index (χ1n) is 8.95. The fourth-order valence-electron chi connectivity index (χ4n) is 4.28. The van der Waals surface area contributed by atoms with Crippen molar-refractivity contribution < 1.29 is 4.74 Å². The number of hydrogen-bond acceptors (Lipinski definition) is 2. The number of hydrogen-bond donors (Lipinski definition) is 2. The van der Waals surface area contributed by atoms with Gasteiger partial charge in [0.2, 0.25) is 0 Å². The molecule has 2 saturated heterocycles. The highest BCUT2D eigenvalue weighted by atomic mass is 16.5.